The average molecular weight is 533 g/mol. The molecule has 2 amide bonds. The smallest absolute Gasteiger partial charge is 0.255 e. The molecule has 2 aromatic carbocycles. The molecule has 0 aliphatic carbocycles. The highest BCUT2D eigenvalue weighted by Crippen LogP contribution is 2.31. The summed E-state index contributed by atoms with van der Waals surface area (Å²) in [5.41, 5.74) is 4.30. The van der Waals surface area contributed by atoms with Crippen molar-refractivity contribution in [3.8, 4) is 0 Å². The second-order valence-corrected chi connectivity index (χ2v) is 10.5. The Morgan fingerprint density at radius 1 is 1.00 bits per heavy atom. The lowest BCUT2D eigenvalue weighted by Crippen LogP contribution is -2.53. The lowest BCUT2D eigenvalue weighted by atomic mass is 10.0. The van der Waals surface area contributed by atoms with Crippen molar-refractivity contribution in [3.05, 3.63) is 58.5 Å². The van der Waals surface area contributed by atoms with E-state index in [4.69, 9.17) is 0 Å². The number of carbonyl (C=O) groups is 3. The van der Waals surface area contributed by atoms with Crippen LogP contribution in [-0.4, -0.2) is 86.3 Å². The summed E-state index contributed by atoms with van der Waals surface area (Å²) in [5.74, 6) is -0.279. The van der Waals surface area contributed by atoms with Crippen LogP contribution in [0.3, 0.4) is 0 Å². The largest absolute Gasteiger partial charge is 0.371 e. The van der Waals surface area contributed by atoms with Gasteiger partial charge < -0.3 is 24.8 Å². The number of piperazine rings is 1. The van der Waals surface area contributed by atoms with Gasteiger partial charge >= 0.3 is 0 Å². The van der Waals surface area contributed by atoms with Gasteiger partial charge in [0, 0.05) is 82.3 Å². The third-order valence-corrected chi connectivity index (χ3v) is 8.40. The van der Waals surface area contributed by atoms with Gasteiger partial charge in [-0.15, -0.1) is 4.91 Å². The zero-order valence-electron chi connectivity index (χ0n) is 22.4. The molecule has 39 heavy (non-hydrogen) atoms. The van der Waals surface area contributed by atoms with Crippen LogP contribution in [-0.2, 0) is 16.1 Å². The van der Waals surface area contributed by atoms with Gasteiger partial charge in [-0.1, -0.05) is 0 Å². The highest BCUT2D eigenvalue weighted by Gasteiger charge is 2.34. The molecule has 3 aliphatic rings. The molecule has 10 nitrogen and oxygen atoms in total. The van der Waals surface area contributed by atoms with Crippen LogP contribution in [0.1, 0.15) is 41.6 Å². The first-order valence-corrected chi connectivity index (χ1v) is 13.8. The number of piperidine rings is 1. The van der Waals surface area contributed by atoms with E-state index in [1.54, 1.807) is 24.1 Å². The molecule has 5 rings (SSSR count). The molecule has 1 atom stereocenters. The fraction of sp³-hybridized carbons (Fsp3) is 0.483. The van der Waals surface area contributed by atoms with Gasteiger partial charge in [-0.25, -0.2) is 0 Å². The summed E-state index contributed by atoms with van der Waals surface area (Å²) in [6.07, 6.45) is 3.53. The summed E-state index contributed by atoms with van der Waals surface area (Å²) < 4.78 is 0. The van der Waals surface area contributed by atoms with Crippen molar-refractivity contribution in [2.24, 2.45) is 5.18 Å². The zero-order chi connectivity index (χ0) is 27.4. The van der Waals surface area contributed by atoms with E-state index in [2.05, 4.69) is 31.3 Å². The topological polar surface area (TPSA) is 106 Å². The Balaban J connectivity index is 1.13. The summed E-state index contributed by atoms with van der Waals surface area (Å²) >= 11 is 0. The van der Waals surface area contributed by atoms with Crippen LogP contribution < -0.4 is 15.1 Å². The summed E-state index contributed by atoms with van der Waals surface area (Å²) in [5, 5.41) is 5.55. The molecular weight excluding hydrogens is 496 g/mol. The quantitative estimate of drug-likeness (QED) is 0.391. The van der Waals surface area contributed by atoms with E-state index in [1.807, 2.05) is 24.3 Å². The monoisotopic (exact) mass is 532 g/mol. The predicted octanol–water partition coefficient (Wildman–Crippen LogP) is 2.93. The fourth-order valence-electron chi connectivity index (χ4n) is 6.05. The molecule has 3 heterocycles. The summed E-state index contributed by atoms with van der Waals surface area (Å²) in [4.78, 5) is 56.0. The van der Waals surface area contributed by atoms with Gasteiger partial charge in [0.25, 0.3) is 5.91 Å². The lowest BCUT2D eigenvalue weighted by Gasteiger charge is -2.44. The molecular formula is C29H36N6O4. The highest BCUT2D eigenvalue weighted by molar-refractivity contribution is 6.00. The number of nitrogens with one attached hydrogen (secondary N) is 1. The minimum Gasteiger partial charge on any atom is -0.371 e. The molecule has 206 valence electrons. The van der Waals surface area contributed by atoms with Crippen molar-refractivity contribution < 1.29 is 14.4 Å². The van der Waals surface area contributed by atoms with Gasteiger partial charge in [0.05, 0.1) is 6.04 Å². The zero-order valence-corrected chi connectivity index (χ0v) is 22.4. The number of nitroso groups, excluding NO2 is 1. The number of hydrogen-bond donors (Lipinski definition) is 1. The molecule has 1 N–H and O–H groups in total. The first-order chi connectivity index (χ1) is 19.0. The first-order valence-electron chi connectivity index (χ1n) is 13.8. The maximum atomic E-state index is 13.0. The van der Waals surface area contributed by atoms with Gasteiger partial charge in [-0.2, -0.15) is 0 Å². The van der Waals surface area contributed by atoms with E-state index in [9.17, 15) is 19.3 Å². The number of rotatable bonds is 9. The van der Waals surface area contributed by atoms with E-state index in [1.165, 1.54) is 0 Å². The maximum Gasteiger partial charge on any atom is 0.255 e. The standard InChI is InChI=1S/C29H36N6O4/c1-30-28(37)9-7-26(20-36)35-19-21-18-25(6-8-27(21)29(35)38)34-16-14-33(15-17-34)24-10-12-32(13-11-24)23-4-2-22(31-39)3-5-23/h2-6,8,18,20,24,26H,7,9-17,19H2,1H3,(H,30,37). The normalized spacial score (nSPS) is 19.1. The van der Waals surface area contributed by atoms with Crippen LogP contribution in [0.25, 0.3) is 0 Å². The summed E-state index contributed by atoms with van der Waals surface area (Å²) in [6.45, 7) is 6.25. The van der Waals surface area contributed by atoms with Crippen molar-refractivity contribution in [3.63, 3.8) is 0 Å². The Morgan fingerprint density at radius 2 is 1.67 bits per heavy atom. The SMILES string of the molecule is CNC(=O)CCC(C=O)N1Cc2cc(N3CCN(C4CCN(c5ccc(N=O)cc5)CC4)CC3)ccc2C1=O. The van der Waals surface area contributed by atoms with Crippen molar-refractivity contribution >= 4 is 35.2 Å². The summed E-state index contributed by atoms with van der Waals surface area (Å²) in [6, 6.07) is 13.4. The number of anilines is 2. The number of aldehydes is 1. The Hall–Kier alpha value is -3.79. The van der Waals surface area contributed by atoms with E-state index in [0.29, 0.717) is 30.3 Å². The van der Waals surface area contributed by atoms with Gasteiger partial charge in [0.2, 0.25) is 5.91 Å². The van der Waals surface area contributed by atoms with Crippen LogP contribution in [0, 0.1) is 4.91 Å². The molecule has 0 bridgehead atoms. The number of benzene rings is 2. The van der Waals surface area contributed by atoms with Crippen molar-refractivity contribution in [1.29, 1.82) is 0 Å². The fourth-order valence-corrected chi connectivity index (χ4v) is 6.05. The van der Waals surface area contributed by atoms with Gasteiger partial charge in [0.1, 0.15) is 12.0 Å². The van der Waals surface area contributed by atoms with Crippen LogP contribution >= 0.6 is 0 Å². The number of nitrogens with zero attached hydrogens (tertiary/aromatic N) is 5. The Bertz CT molecular complexity index is 1200. The van der Waals surface area contributed by atoms with Gasteiger partial charge in [-0.05, 0) is 72.5 Å². The Morgan fingerprint density at radius 3 is 2.31 bits per heavy atom. The Kier molecular flexibility index (Phi) is 8.21. The van der Waals surface area contributed by atoms with Gasteiger partial charge in [-0.3, -0.25) is 14.5 Å². The molecule has 1 unspecified atom stereocenters. The molecule has 3 aliphatic heterocycles. The Labute approximate surface area is 228 Å². The number of hydrogen-bond acceptors (Lipinski definition) is 8. The molecule has 2 saturated heterocycles. The van der Waals surface area contributed by atoms with Gasteiger partial charge in [0.15, 0.2) is 0 Å². The summed E-state index contributed by atoms with van der Waals surface area (Å²) in [7, 11) is 1.57. The van der Waals surface area contributed by atoms with Crippen molar-refractivity contribution in [1.82, 2.24) is 15.1 Å². The molecule has 0 radical (unpaired) electrons. The molecule has 0 spiro atoms. The highest BCUT2D eigenvalue weighted by atomic mass is 16.3. The molecule has 2 fully saturated rings. The number of amides is 2. The third kappa shape index (κ3) is 5.80. The lowest BCUT2D eigenvalue weighted by molar-refractivity contribution is -0.121. The van der Waals surface area contributed by atoms with Crippen molar-refractivity contribution in [2.45, 2.75) is 44.3 Å². The third-order valence-electron chi connectivity index (χ3n) is 8.40. The van der Waals surface area contributed by atoms with Crippen LogP contribution in [0.2, 0.25) is 0 Å². The van der Waals surface area contributed by atoms with E-state index in [-0.39, 0.29) is 18.2 Å². The molecule has 0 saturated carbocycles. The molecule has 2 aromatic rings. The van der Waals surface area contributed by atoms with Crippen LogP contribution in [0.4, 0.5) is 17.1 Å². The minimum atomic E-state index is -0.603. The van der Waals surface area contributed by atoms with Crippen molar-refractivity contribution in [2.75, 3.05) is 56.1 Å². The van der Waals surface area contributed by atoms with E-state index < -0.39 is 6.04 Å². The maximum absolute atomic E-state index is 13.0. The molecule has 0 aromatic heterocycles. The minimum absolute atomic E-state index is 0.138. The van der Waals surface area contributed by atoms with E-state index in [0.717, 1.165) is 75.3 Å². The predicted molar refractivity (Wildman–Crippen MR) is 150 cm³/mol. The average Bonchev–Trinajstić information content (AvgIpc) is 3.32. The van der Waals surface area contributed by atoms with Crippen LogP contribution in [0.15, 0.2) is 47.6 Å². The first kappa shape index (κ1) is 26.8. The van der Waals surface area contributed by atoms with E-state index >= 15 is 0 Å². The second kappa shape index (κ2) is 11.9. The number of fused-ring (bicyclic) bond motifs is 1. The number of carbonyl (C=O) groups excluding carboxylic acids is 3. The van der Waals surface area contributed by atoms with Crippen LogP contribution in [0.5, 0.6) is 0 Å². The second-order valence-electron chi connectivity index (χ2n) is 10.5. The molecule has 10 heteroatoms.